The Bertz CT molecular complexity index is 660. The van der Waals surface area contributed by atoms with Gasteiger partial charge in [0.15, 0.2) is 11.6 Å². The smallest absolute Gasteiger partial charge is 0.259 e. The molecule has 0 atom stereocenters. The van der Waals surface area contributed by atoms with E-state index in [1.807, 2.05) is 30.3 Å². The van der Waals surface area contributed by atoms with Gasteiger partial charge in [0, 0.05) is 5.69 Å². The van der Waals surface area contributed by atoms with Crippen molar-refractivity contribution in [3.05, 3.63) is 59.9 Å². The summed E-state index contributed by atoms with van der Waals surface area (Å²) in [4.78, 5) is 11.6. The Hall–Kier alpha value is -2.89. The third-order valence-electron chi connectivity index (χ3n) is 2.81. The summed E-state index contributed by atoms with van der Waals surface area (Å²) in [5, 5.41) is 6.73. The molecule has 2 aromatic rings. The molecule has 2 N–H and O–H groups in total. The highest BCUT2D eigenvalue weighted by Gasteiger charge is 2.02. The molecule has 0 unspecified atom stereocenters. The van der Waals surface area contributed by atoms with E-state index in [4.69, 9.17) is 4.74 Å². The van der Waals surface area contributed by atoms with Crippen molar-refractivity contribution in [2.45, 2.75) is 0 Å². The quantitative estimate of drug-likeness (QED) is 0.636. The number of ether oxygens (including phenoxy) is 1. The molecular formula is C16H16FN3O2. The van der Waals surface area contributed by atoms with Gasteiger partial charge in [-0.25, -0.2) is 9.82 Å². The van der Waals surface area contributed by atoms with Crippen molar-refractivity contribution in [3.63, 3.8) is 0 Å². The van der Waals surface area contributed by atoms with Crippen LogP contribution in [-0.4, -0.2) is 25.8 Å². The fourth-order valence-corrected chi connectivity index (χ4v) is 1.72. The van der Waals surface area contributed by atoms with Gasteiger partial charge in [-0.05, 0) is 35.9 Å². The van der Waals surface area contributed by atoms with Gasteiger partial charge in [0.2, 0.25) is 0 Å². The fourth-order valence-electron chi connectivity index (χ4n) is 1.72. The number of carbonyl (C=O) groups excluding carboxylic acids is 1. The number of hydrogen-bond donors (Lipinski definition) is 2. The summed E-state index contributed by atoms with van der Waals surface area (Å²) < 4.78 is 18.3. The Labute approximate surface area is 127 Å². The van der Waals surface area contributed by atoms with Crippen molar-refractivity contribution in [1.82, 2.24) is 5.43 Å². The molecule has 0 spiro atoms. The standard InChI is InChI=1S/C16H16FN3O2/c1-22-15-8-7-12(9-14(15)17)10-19-20-16(21)11-18-13-5-3-2-4-6-13/h2-10,18H,11H2,1H3,(H,20,21)/b19-10-. The van der Waals surface area contributed by atoms with Gasteiger partial charge < -0.3 is 10.1 Å². The fraction of sp³-hybridized carbons (Fsp3) is 0.125. The highest BCUT2D eigenvalue weighted by molar-refractivity contribution is 5.84. The minimum atomic E-state index is -0.483. The number of para-hydroxylation sites is 1. The minimum absolute atomic E-state index is 0.0956. The maximum absolute atomic E-state index is 13.5. The molecule has 2 rings (SSSR count). The topological polar surface area (TPSA) is 62.7 Å². The number of rotatable bonds is 6. The van der Waals surface area contributed by atoms with Gasteiger partial charge in [-0.2, -0.15) is 5.10 Å². The van der Waals surface area contributed by atoms with Crippen molar-refractivity contribution in [2.75, 3.05) is 19.0 Å². The van der Waals surface area contributed by atoms with Crippen LogP contribution in [0.3, 0.4) is 0 Å². The molecular weight excluding hydrogens is 285 g/mol. The predicted molar refractivity (Wildman–Crippen MR) is 83.6 cm³/mol. The van der Waals surface area contributed by atoms with E-state index in [-0.39, 0.29) is 18.2 Å². The maximum Gasteiger partial charge on any atom is 0.259 e. The lowest BCUT2D eigenvalue weighted by Gasteiger charge is -2.04. The highest BCUT2D eigenvalue weighted by Crippen LogP contribution is 2.16. The molecule has 0 aliphatic rings. The second-order valence-corrected chi connectivity index (χ2v) is 4.41. The number of amides is 1. The summed E-state index contributed by atoms with van der Waals surface area (Å²) in [6.45, 7) is 0.0956. The summed E-state index contributed by atoms with van der Waals surface area (Å²) in [7, 11) is 1.39. The molecule has 0 heterocycles. The van der Waals surface area contributed by atoms with Crippen LogP contribution in [0.2, 0.25) is 0 Å². The Morgan fingerprint density at radius 1 is 1.27 bits per heavy atom. The number of benzene rings is 2. The monoisotopic (exact) mass is 301 g/mol. The molecule has 0 aliphatic carbocycles. The summed E-state index contributed by atoms with van der Waals surface area (Å²) in [6.07, 6.45) is 1.36. The van der Waals surface area contributed by atoms with Crippen LogP contribution in [-0.2, 0) is 4.79 Å². The molecule has 0 aliphatic heterocycles. The van der Waals surface area contributed by atoms with E-state index in [1.54, 1.807) is 6.07 Å². The van der Waals surface area contributed by atoms with Crippen molar-refractivity contribution >= 4 is 17.8 Å². The van der Waals surface area contributed by atoms with Crippen LogP contribution in [0.4, 0.5) is 10.1 Å². The number of nitrogens with one attached hydrogen (secondary N) is 2. The number of anilines is 1. The molecule has 0 saturated heterocycles. The zero-order valence-electron chi connectivity index (χ0n) is 12.0. The number of nitrogens with zero attached hydrogens (tertiary/aromatic N) is 1. The summed E-state index contributed by atoms with van der Waals surface area (Å²) in [5.74, 6) is -0.620. The van der Waals surface area contributed by atoms with Gasteiger partial charge in [-0.15, -0.1) is 0 Å². The van der Waals surface area contributed by atoms with Gasteiger partial charge in [0.25, 0.3) is 5.91 Å². The lowest BCUT2D eigenvalue weighted by molar-refractivity contribution is -0.119. The Morgan fingerprint density at radius 2 is 2.05 bits per heavy atom. The molecule has 6 heteroatoms. The van der Waals surface area contributed by atoms with Crippen LogP contribution in [0.1, 0.15) is 5.56 Å². The minimum Gasteiger partial charge on any atom is -0.494 e. The van der Waals surface area contributed by atoms with E-state index in [0.717, 1.165) is 5.69 Å². The van der Waals surface area contributed by atoms with Gasteiger partial charge in [0.05, 0.1) is 19.9 Å². The van der Waals surface area contributed by atoms with E-state index in [9.17, 15) is 9.18 Å². The van der Waals surface area contributed by atoms with Crippen LogP contribution in [0.5, 0.6) is 5.75 Å². The second-order valence-electron chi connectivity index (χ2n) is 4.41. The Balaban J connectivity index is 1.81. The molecule has 22 heavy (non-hydrogen) atoms. The van der Waals surface area contributed by atoms with Gasteiger partial charge in [-0.3, -0.25) is 4.79 Å². The molecule has 0 aromatic heterocycles. The van der Waals surface area contributed by atoms with Crippen molar-refractivity contribution in [2.24, 2.45) is 5.10 Å². The van der Waals surface area contributed by atoms with Crippen LogP contribution in [0, 0.1) is 5.82 Å². The Kier molecular flexibility index (Phi) is 5.48. The molecule has 2 aromatic carbocycles. The van der Waals surface area contributed by atoms with Crippen molar-refractivity contribution in [1.29, 1.82) is 0 Å². The van der Waals surface area contributed by atoms with Gasteiger partial charge in [-0.1, -0.05) is 18.2 Å². The lowest BCUT2D eigenvalue weighted by Crippen LogP contribution is -2.25. The Morgan fingerprint density at radius 3 is 2.73 bits per heavy atom. The van der Waals surface area contributed by atoms with E-state index in [2.05, 4.69) is 15.8 Å². The van der Waals surface area contributed by atoms with E-state index in [0.29, 0.717) is 5.56 Å². The first-order valence-corrected chi connectivity index (χ1v) is 6.63. The first-order chi connectivity index (χ1) is 10.7. The van der Waals surface area contributed by atoms with E-state index < -0.39 is 5.82 Å². The summed E-state index contributed by atoms with van der Waals surface area (Å²) in [6, 6.07) is 13.8. The number of carbonyl (C=O) groups is 1. The van der Waals surface area contributed by atoms with Crippen molar-refractivity contribution < 1.29 is 13.9 Å². The van der Waals surface area contributed by atoms with Crippen LogP contribution < -0.4 is 15.5 Å². The van der Waals surface area contributed by atoms with Crippen molar-refractivity contribution in [3.8, 4) is 5.75 Å². The first-order valence-electron chi connectivity index (χ1n) is 6.63. The highest BCUT2D eigenvalue weighted by atomic mass is 19.1. The maximum atomic E-state index is 13.5. The largest absolute Gasteiger partial charge is 0.494 e. The third kappa shape index (κ3) is 4.59. The first kappa shape index (κ1) is 15.5. The van der Waals surface area contributed by atoms with Crippen LogP contribution in [0.25, 0.3) is 0 Å². The van der Waals surface area contributed by atoms with Crippen LogP contribution in [0.15, 0.2) is 53.6 Å². The lowest BCUT2D eigenvalue weighted by atomic mass is 10.2. The van der Waals surface area contributed by atoms with Gasteiger partial charge in [0.1, 0.15) is 0 Å². The average Bonchev–Trinajstić information content (AvgIpc) is 2.54. The molecule has 114 valence electrons. The molecule has 0 saturated carbocycles. The normalized spacial score (nSPS) is 10.5. The SMILES string of the molecule is COc1ccc(/C=N\NC(=O)CNc2ccccc2)cc1F. The number of halogens is 1. The number of hydrogen-bond acceptors (Lipinski definition) is 4. The van der Waals surface area contributed by atoms with E-state index in [1.165, 1.54) is 25.5 Å². The number of methoxy groups -OCH3 is 1. The summed E-state index contributed by atoms with van der Waals surface area (Å²) >= 11 is 0. The molecule has 0 bridgehead atoms. The molecule has 0 fully saturated rings. The number of hydrazone groups is 1. The second kappa shape index (κ2) is 7.78. The predicted octanol–water partition coefficient (Wildman–Crippen LogP) is 2.40. The van der Waals surface area contributed by atoms with E-state index >= 15 is 0 Å². The summed E-state index contributed by atoms with van der Waals surface area (Å²) in [5.41, 5.74) is 3.73. The van der Waals surface area contributed by atoms with Crippen LogP contribution >= 0.6 is 0 Å². The zero-order valence-corrected chi connectivity index (χ0v) is 12.0. The molecule has 0 radical (unpaired) electrons. The average molecular weight is 301 g/mol. The molecule has 5 nitrogen and oxygen atoms in total. The third-order valence-corrected chi connectivity index (χ3v) is 2.81. The molecule has 1 amide bonds. The zero-order chi connectivity index (χ0) is 15.8. The van der Waals surface area contributed by atoms with Gasteiger partial charge >= 0.3 is 0 Å².